The van der Waals surface area contributed by atoms with E-state index >= 15 is 0 Å². The SMILES string of the molecule is Cc1cncc2cc(CC(C)(C)N)ccc12. The van der Waals surface area contributed by atoms with Gasteiger partial charge in [0.1, 0.15) is 0 Å². The summed E-state index contributed by atoms with van der Waals surface area (Å²) in [5.74, 6) is 0. The minimum absolute atomic E-state index is 0.162. The van der Waals surface area contributed by atoms with Gasteiger partial charge in [-0.15, -0.1) is 0 Å². The second-order valence-electron chi connectivity index (χ2n) is 5.18. The fourth-order valence-electron chi connectivity index (χ4n) is 2.01. The van der Waals surface area contributed by atoms with Crippen molar-refractivity contribution in [2.45, 2.75) is 32.7 Å². The van der Waals surface area contributed by atoms with Gasteiger partial charge in [0.15, 0.2) is 0 Å². The van der Waals surface area contributed by atoms with Crippen molar-refractivity contribution in [3.05, 3.63) is 41.7 Å². The third-order valence-electron chi connectivity index (χ3n) is 2.68. The normalized spacial score (nSPS) is 12.0. The van der Waals surface area contributed by atoms with Crippen LogP contribution in [-0.2, 0) is 6.42 Å². The molecule has 0 atom stereocenters. The zero-order chi connectivity index (χ0) is 11.8. The van der Waals surface area contributed by atoms with E-state index in [1.807, 2.05) is 26.2 Å². The average molecular weight is 214 g/mol. The molecule has 2 aromatic rings. The van der Waals surface area contributed by atoms with E-state index in [1.165, 1.54) is 21.9 Å². The smallest absolute Gasteiger partial charge is 0.0346 e. The van der Waals surface area contributed by atoms with E-state index in [0.717, 1.165) is 6.42 Å². The Bertz CT molecular complexity index is 510. The number of benzene rings is 1. The van der Waals surface area contributed by atoms with Crippen molar-refractivity contribution in [2.75, 3.05) is 0 Å². The van der Waals surface area contributed by atoms with E-state index in [9.17, 15) is 0 Å². The Balaban J connectivity index is 2.45. The highest BCUT2D eigenvalue weighted by molar-refractivity contribution is 5.85. The molecule has 0 bridgehead atoms. The molecule has 1 aromatic carbocycles. The van der Waals surface area contributed by atoms with Crippen LogP contribution in [0, 0.1) is 6.92 Å². The Kier molecular flexibility index (Phi) is 2.68. The summed E-state index contributed by atoms with van der Waals surface area (Å²) < 4.78 is 0. The summed E-state index contributed by atoms with van der Waals surface area (Å²) in [7, 11) is 0. The first-order chi connectivity index (χ1) is 7.46. The van der Waals surface area contributed by atoms with Gasteiger partial charge in [-0.3, -0.25) is 4.98 Å². The number of aryl methyl sites for hydroxylation is 1. The van der Waals surface area contributed by atoms with Crippen LogP contribution in [0.15, 0.2) is 30.6 Å². The monoisotopic (exact) mass is 214 g/mol. The molecule has 0 amide bonds. The van der Waals surface area contributed by atoms with E-state index in [2.05, 4.69) is 30.1 Å². The third-order valence-corrected chi connectivity index (χ3v) is 2.68. The molecule has 0 saturated heterocycles. The van der Waals surface area contributed by atoms with Crippen LogP contribution in [0.3, 0.4) is 0 Å². The topological polar surface area (TPSA) is 38.9 Å². The molecular formula is C14H18N2. The van der Waals surface area contributed by atoms with Gasteiger partial charge in [-0.05, 0) is 49.8 Å². The maximum Gasteiger partial charge on any atom is 0.0346 e. The number of pyridine rings is 1. The van der Waals surface area contributed by atoms with Crippen molar-refractivity contribution in [1.82, 2.24) is 4.98 Å². The second-order valence-corrected chi connectivity index (χ2v) is 5.18. The molecule has 0 spiro atoms. The highest BCUT2D eigenvalue weighted by Gasteiger charge is 2.11. The molecule has 1 aromatic heterocycles. The Hall–Kier alpha value is -1.41. The van der Waals surface area contributed by atoms with Gasteiger partial charge in [-0.2, -0.15) is 0 Å². The van der Waals surface area contributed by atoms with Gasteiger partial charge in [0.05, 0.1) is 0 Å². The lowest BCUT2D eigenvalue weighted by Gasteiger charge is -2.18. The summed E-state index contributed by atoms with van der Waals surface area (Å²) in [6, 6.07) is 6.50. The minimum atomic E-state index is -0.162. The van der Waals surface area contributed by atoms with Crippen molar-refractivity contribution in [3.8, 4) is 0 Å². The first-order valence-corrected chi connectivity index (χ1v) is 5.58. The quantitative estimate of drug-likeness (QED) is 0.835. The summed E-state index contributed by atoms with van der Waals surface area (Å²) >= 11 is 0. The number of nitrogens with two attached hydrogens (primary N) is 1. The number of hydrogen-bond donors (Lipinski definition) is 1. The number of nitrogens with zero attached hydrogens (tertiary/aromatic N) is 1. The predicted octanol–water partition coefficient (Wildman–Crippen LogP) is 2.82. The van der Waals surface area contributed by atoms with Gasteiger partial charge < -0.3 is 5.73 Å². The van der Waals surface area contributed by atoms with Gasteiger partial charge in [0, 0.05) is 23.3 Å². The number of hydrogen-bond acceptors (Lipinski definition) is 2. The van der Waals surface area contributed by atoms with Crippen LogP contribution in [0.4, 0.5) is 0 Å². The molecule has 0 fully saturated rings. The first-order valence-electron chi connectivity index (χ1n) is 5.58. The van der Waals surface area contributed by atoms with E-state index in [0.29, 0.717) is 0 Å². The number of fused-ring (bicyclic) bond motifs is 1. The molecule has 0 saturated carbocycles. The van der Waals surface area contributed by atoms with Gasteiger partial charge in [-0.1, -0.05) is 12.1 Å². The molecule has 2 heteroatoms. The van der Waals surface area contributed by atoms with Gasteiger partial charge in [0.2, 0.25) is 0 Å². The highest BCUT2D eigenvalue weighted by atomic mass is 14.7. The summed E-state index contributed by atoms with van der Waals surface area (Å²) in [5, 5.41) is 2.47. The lowest BCUT2D eigenvalue weighted by atomic mass is 9.94. The number of rotatable bonds is 2. The van der Waals surface area contributed by atoms with Crippen LogP contribution in [0.25, 0.3) is 10.8 Å². The summed E-state index contributed by atoms with van der Waals surface area (Å²) in [5.41, 5.74) is 8.35. The fraction of sp³-hybridized carbons (Fsp3) is 0.357. The van der Waals surface area contributed by atoms with Crippen LogP contribution >= 0.6 is 0 Å². The zero-order valence-electron chi connectivity index (χ0n) is 10.1. The van der Waals surface area contributed by atoms with Crippen molar-refractivity contribution in [3.63, 3.8) is 0 Å². The molecule has 2 nitrogen and oxygen atoms in total. The molecule has 0 aliphatic carbocycles. The molecule has 2 rings (SSSR count). The predicted molar refractivity (Wildman–Crippen MR) is 68.5 cm³/mol. The molecule has 16 heavy (non-hydrogen) atoms. The molecule has 0 radical (unpaired) electrons. The van der Waals surface area contributed by atoms with Gasteiger partial charge >= 0.3 is 0 Å². The van der Waals surface area contributed by atoms with E-state index in [-0.39, 0.29) is 5.54 Å². The van der Waals surface area contributed by atoms with Gasteiger partial charge in [-0.25, -0.2) is 0 Å². The van der Waals surface area contributed by atoms with E-state index < -0.39 is 0 Å². The average Bonchev–Trinajstić information content (AvgIpc) is 2.15. The van der Waals surface area contributed by atoms with E-state index in [4.69, 9.17) is 5.73 Å². The van der Waals surface area contributed by atoms with Crippen molar-refractivity contribution < 1.29 is 0 Å². The van der Waals surface area contributed by atoms with Crippen LogP contribution in [-0.4, -0.2) is 10.5 Å². The summed E-state index contributed by atoms with van der Waals surface area (Å²) in [6.45, 7) is 6.18. The van der Waals surface area contributed by atoms with E-state index in [1.54, 1.807) is 0 Å². The molecule has 84 valence electrons. The summed E-state index contributed by atoms with van der Waals surface area (Å²) in [6.07, 6.45) is 4.70. The van der Waals surface area contributed by atoms with Crippen LogP contribution in [0.5, 0.6) is 0 Å². The highest BCUT2D eigenvalue weighted by Crippen LogP contribution is 2.20. The maximum absolute atomic E-state index is 6.03. The Labute approximate surface area is 96.5 Å². The lowest BCUT2D eigenvalue weighted by molar-refractivity contribution is 0.517. The van der Waals surface area contributed by atoms with Gasteiger partial charge in [0.25, 0.3) is 0 Å². The zero-order valence-corrected chi connectivity index (χ0v) is 10.1. The molecule has 0 aliphatic heterocycles. The summed E-state index contributed by atoms with van der Waals surface area (Å²) in [4.78, 5) is 4.22. The van der Waals surface area contributed by atoms with Crippen molar-refractivity contribution in [2.24, 2.45) is 5.73 Å². The Morgan fingerprint density at radius 2 is 2.00 bits per heavy atom. The standard InChI is InChI=1S/C14H18N2/c1-10-8-16-9-12-6-11(4-5-13(10)12)7-14(2,3)15/h4-6,8-9H,7,15H2,1-3H3. The fourth-order valence-corrected chi connectivity index (χ4v) is 2.01. The van der Waals surface area contributed by atoms with Crippen molar-refractivity contribution >= 4 is 10.8 Å². The second kappa shape index (κ2) is 3.87. The first kappa shape index (κ1) is 11.1. The Morgan fingerprint density at radius 1 is 1.25 bits per heavy atom. The lowest BCUT2D eigenvalue weighted by Crippen LogP contribution is -2.34. The van der Waals surface area contributed by atoms with Crippen LogP contribution < -0.4 is 5.73 Å². The Morgan fingerprint density at radius 3 is 2.69 bits per heavy atom. The number of aromatic nitrogens is 1. The molecule has 0 aliphatic rings. The molecule has 1 heterocycles. The molecular weight excluding hydrogens is 196 g/mol. The van der Waals surface area contributed by atoms with Crippen LogP contribution in [0.2, 0.25) is 0 Å². The largest absolute Gasteiger partial charge is 0.325 e. The molecule has 2 N–H and O–H groups in total. The van der Waals surface area contributed by atoms with Crippen molar-refractivity contribution in [1.29, 1.82) is 0 Å². The minimum Gasteiger partial charge on any atom is -0.325 e. The van der Waals surface area contributed by atoms with Crippen LogP contribution in [0.1, 0.15) is 25.0 Å². The molecule has 0 unspecified atom stereocenters. The third kappa shape index (κ3) is 2.39. The maximum atomic E-state index is 6.03.